The largest absolute Gasteiger partial charge is 0.359 e. The molecule has 0 saturated heterocycles. The first-order valence-electron chi connectivity index (χ1n) is 3.68. The van der Waals surface area contributed by atoms with E-state index in [0.29, 0.717) is 7.18 Å². The summed E-state index contributed by atoms with van der Waals surface area (Å²) in [5, 5.41) is 2.39. The van der Waals surface area contributed by atoms with E-state index >= 15 is 0 Å². The molecule has 0 unspecified atom stereocenters. The number of hydrogen-bond donors (Lipinski definition) is 1. The number of aromatic nitrogens is 1. The second-order valence-electron chi connectivity index (χ2n) is 1.83. The van der Waals surface area contributed by atoms with Crippen LogP contribution in [-0.2, 0) is 4.79 Å². The highest BCUT2D eigenvalue weighted by Crippen LogP contribution is 1.73. The van der Waals surface area contributed by atoms with Crippen LogP contribution in [0.4, 0.5) is 4.39 Å². The standard InChI is InChI=1S/C5H5N.C3H7NO.CH3F/c1-2-4-6-5-3-1;1-3(5)4-2;1-2/h1-5H;1-2H3,(H,4,5);1H3/i;;2-1. The Labute approximate surface area is 78.0 Å². The van der Waals surface area contributed by atoms with Crippen molar-refractivity contribution in [3.05, 3.63) is 30.6 Å². The van der Waals surface area contributed by atoms with E-state index in [1.807, 2.05) is 18.2 Å². The van der Waals surface area contributed by atoms with Crippen LogP contribution in [0.1, 0.15) is 6.92 Å². The van der Waals surface area contributed by atoms with Crippen LogP contribution in [0.25, 0.3) is 0 Å². The quantitative estimate of drug-likeness (QED) is 0.664. The average Bonchev–Trinajstić information content (AvgIpc) is 2.24. The summed E-state index contributed by atoms with van der Waals surface area (Å²) in [6.07, 6.45) is 3.50. The van der Waals surface area contributed by atoms with Crippen molar-refractivity contribution in [1.82, 2.24) is 10.3 Å². The Balaban J connectivity index is 0. The molecule has 0 aliphatic heterocycles. The summed E-state index contributed by atoms with van der Waals surface area (Å²) in [5.74, 6) is 0.00463. The monoisotopic (exact) mass is 185 g/mol. The SMILES string of the molecule is CNC(C)=O.C[18F].c1ccncc1. The fraction of sp³-hybridized carbons (Fsp3) is 0.333. The minimum Gasteiger partial charge on any atom is -0.359 e. The topological polar surface area (TPSA) is 42.0 Å². The summed E-state index contributed by atoms with van der Waals surface area (Å²) in [6, 6.07) is 5.72. The van der Waals surface area contributed by atoms with Gasteiger partial charge in [0.2, 0.25) is 5.91 Å². The molecule has 0 aliphatic carbocycles. The zero-order chi connectivity index (χ0) is 10.5. The molecule has 1 rings (SSSR count). The first kappa shape index (κ1) is 14.1. The number of halogens is 1. The number of alkyl halides is 1. The molecular weight excluding hydrogens is 170 g/mol. The summed E-state index contributed by atoms with van der Waals surface area (Å²) in [7, 11) is 2.10. The lowest BCUT2D eigenvalue weighted by Gasteiger charge is -1.80. The van der Waals surface area contributed by atoms with E-state index < -0.39 is 0 Å². The van der Waals surface area contributed by atoms with Gasteiger partial charge in [0.05, 0.1) is 7.18 Å². The number of nitrogens with one attached hydrogen (secondary N) is 1. The Bertz CT molecular complexity index is 165. The average molecular weight is 185 g/mol. The molecule has 1 heterocycles. The van der Waals surface area contributed by atoms with Crippen molar-refractivity contribution in [3.63, 3.8) is 0 Å². The molecular formula is C9H15FN2O. The van der Waals surface area contributed by atoms with Gasteiger partial charge in [0, 0.05) is 26.4 Å². The zero-order valence-electron chi connectivity index (χ0n) is 8.12. The lowest BCUT2D eigenvalue weighted by Crippen LogP contribution is -2.11. The first-order chi connectivity index (χ1) is 6.27. The second kappa shape index (κ2) is 13.2. The van der Waals surface area contributed by atoms with Crippen molar-refractivity contribution >= 4 is 5.91 Å². The number of carbonyl (C=O) groups is 1. The first-order valence-corrected chi connectivity index (χ1v) is 3.68. The minimum atomic E-state index is 0.00463. The molecule has 0 aliphatic rings. The number of amides is 1. The summed E-state index contributed by atoms with van der Waals surface area (Å²) in [6.45, 7) is 1.47. The van der Waals surface area contributed by atoms with E-state index in [9.17, 15) is 9.18 Å². The van der Waals surface area contributed by atoms with Crippen LogP contribution < -0.4 is 5.32 Å². The van der Waals surface area contributed by atoms with Crippen LogP contribution in [0.2, 0.25) is 0 Å². The highest BCUT2D eigenvalue weighted by Gasteiger charge is 1.72. The van der Waals surface area contributed by atoms with Crippen molar-refractivity contribution < 1.29 is 9.18 Å². The van der Waals surface area contributed by atoms with E-state index in [2.05, 4.69) is 10.3 Å². The number of nitrogens with zero attached hydrogens (tertiary/aromatic N) is 1. The molecule has 0 saturated carbocycles. The van der Waals surface area contributed by atoms with Gasteiger partial charge in [-0.15, -0.1) is 0 Å². The van der Waals surface area contributed by atoms with Crippen molar-refractivity contribution in [2.45, 2.75) is 6.92 Å². The number of hydrogen-bond acceptors (Lipinski definition) is 2. The van der Waals surface area contributed by atoms with Crippen molar-refractivity contribution in [1.29, 1.82) is 0 Å². The van der Waals surface area contributed by atoms with Gasteiger partial charge in [-0.25, -0.2) is 0 Å². The normalized spacial score (nSPS) is 6.77. The van der Waals surface area contributed by atoms with Gasteiger partial charge in [0.1, 0.15) is 0 Å². The summed E-state index contributed by atoms with van der Waals surface area (Å²) < 4.78 is 9.50. The third-order valence-electron chi connectivity index (χ3n) is 0.919. The fourth-order valence-electron chi connectivity index (χ4n) is 0.313. The third kappa shape index (κ3) is 18.0. The third-order valence-corrected chi connectivity index (χ3v) is 0.919. The molecule has 0 aromatic carbocycles. The van der Waals surface area contributed by atoms with Gasteiger partial charge in [0.25, 0.3) is 0 Å². The molecule has 0 bridgehead atoms. The Morgan fingerprint density at radius 1 is 1.23 bits per heavy atom. The number of rotatable bonds is 0. The van der Waals surface area contributed by atoms with Gasteiger partial charge in [0.15, 0.2) is 0 Å². The summed E-state index contributed by atoms with van der Waals surface area (Å²) in [4.78, 5) is 13.5. The van der Waals surface area contributed by atoms with E-state index in [0.717, 1.165) is 0 Å². The summed E-state index contributed by atoms with van der Waals surface area (Å²) in [5.41, 5.74) is 0. The maximum Gasteiger partial charge on any atom is 0.216 e. The van der Waals surface area contributed by atoms with Crippen molar-refractivity contribution in [3.8, 4) is 0 Å². The predicted octanol–water partition coefficient (Wildman–Crippen LogP) is 1.42. The van der Waals surface area contributed by atoms with Gasteiger partial charge >= 0.3 is 0 Å². The highest BCUT2D eigenvalue weighted by molar-refractivity contribution is 5.72. The van der Waals surface area contributed by atoms with Crippen LogP contribution in [0.3, 0.4) is 0 Å². The lowest BCUT2D eigenvalue weighted by atomic mass is 10.5. The molecule has 74 valence electrons. The Kier molecular flexibility index (Phi) is 14.3. The lowest BCUT2D eigenvalue weighted by molar-refractivity contribution is -0.118. The van der Waals surface area contributed by atoms with E-state index in [1.165, 1.54) is 6.92 Å². The molecule has 1 aromatic heterocycles. The van der Waals surface area contributed by atoms with Crippen LogP contribution in [0.5, 0.6) is 0 Å². The Morgan fingerprint density at radius 3 is 1.69 bits per heavy atom. The molecule has 0 spiro atoms. The van der Waals surface area contributed by atoms with Crippen LogP contribution >= 0.6 is 0 Å². The van der Waals surface area contributed by atoms with Gasteiger partial charge in [-0.2, -0.15) is 0 Å². The molecule has 0 atom stereocenters. The van der Waals surface area contributed by atoms with E-state index in [4.69, 9.17) is 0 Å². The molecule has 1 N–H and O–H groups in total. The molecule has 4 heteroatoms. The number of carbonyl (C=O) groups excluding carboxylic acids is 1. The van der Waals surface area contributed by atoms with E-state index in [-0.39, 0.29) is 5.91 Å². The van der Waals surface area contributed by atoms with Crippen LogP contribution in [0.15, 0.2) is 30.6 Å². The summed E-state index contributed by atoms with van der Waals surface area (Å²) >= 11 is 0. The molecule has 13 heavy (non-hydrogen) atoms. The maximum atomic E-state index is 9.70. The number of pyridine rings is 1. The van der Waals surface area contributed by atoms with Crippen molar-refractivity contribution in [2.24, 2.45) is 0 Å². The molecule has 1 amide bonds. The second-order valence-corrected chi connectivity index (χ2v) is 1.83. The van der Waals surface area contributed by atoms with Crippen molar-refractivity contribution in [2.75, 3.05) is 14.2 Å². The van der Waals surface area contributed by atoms with E-state index in [1.54, 1.807) is 19.4 Å². The predicted molar refractivity (Wildman–Crippen MR) is 51.0 cm³/mol. The molecule has 0 radical (unpaired) electrons. The molecule has 3 nitrogen and oxygen atoms in total. The Morgan fingerprint density at radius 2 is 1.62 bits per heavy atom. The van der Waals surface area contributed by atoms with Gasteiger partial charge < -0.3 is 5.32 Å². The van der Waals surface area contributed by atoms with Crippen LogP contribution in [-0.4, -0.2) is 25.1 Å². The maximum absolute atomic E-state index is 9.70. The fourth-order valence-corrected chi connectivity index (χ4v) is 0.313. The highest BCUT2D eigenvalue weighted by atomic mass is 18.2. The van der Waals surface area contributed by atoms with Gasteiger partial charge in [-0.3, -0.25) is 14.2 Å². The zero-order valence-corrected chi connectivity index (χ0v) is 8.12. The smallest absolute Gasteiger partial charge is 0.216 e. The molecule has 1 aromatic rings. The van der Waals surface area contributed by atoms with Crippen LogP contribution in [0, 0.1) is 0 Å². The Hall–Kier alpha value is -1.45. The van der Waals surface area contributed by atoms with Gasteiger partial charge in [-0.05, 0) is 12.1 Å². The molecule has 0 fully saturated rings. The minimum absolute atomic E-state index is 0.00463. The van der Waals surface area contributed by atoms with Gasteiger partial charge in [-0.1, -0.05) is 6.07 Å².